The third-order valence-electron chi connectivity index (χ3n) is 8.41. The largest absolute Gasteiger partial charge is 0.449 e. The summed E-state index contributed by atoms with van der Waals surface area (Å²) in [6, 6.07) is -0.777. The highest BCUT2D eigenvalue weighted by Crippen LogP contribution is 2.49. The second-order valence-corrected chi connectivity index (χ2v) is 11.1. The fraction of sp³-hybridized carbons (Fsp3) is 0.640. The van der Waals surface area contributed by atoms with Crippen molar-refractivity contribution >= 4 is 35.1 Å². The second kappa shape index (κ2) is 11.0. The van der Waals surface area contributed by atoms with Gasteiger partial charge in [-0.05, 0) is 43.8 Å². The van der Waals surface area contributed by atoms with E-state index in [-0.39, 0.29) is 41.5 Å². The Hall–Kier alpha value is -2.99. The zero-order valence-corrected chi connectivity index (χ0v) is 22.1. The minimum Gasteiger partial charge on any atom is -0.449 e. The van der Waals surface area contributed by atoms with E-state index in [9.17, 15) is 14.0 Å². The van der Waals surface area contributed by atoms with Gasteiger partial charge in [-0.2, -0.15) is 4.98 Å². The highest BCUT2D eigenvalue weighted by Gasteiger charge is 2.55. The Bertz CT molecular complexity index is 1130. The minimum absolute atomic E-state index is 0.0498. The van der Waals surface area contributed by atoms with Gasteiger partial charge < -0.3 is 36.3 Å². The molecule has 2 saturated carbocycles. The lowest BCUT2D eigenvalue weighted by Crippen LogP contribution is -2.52. The van der Waals surface area contributed by atoms with Crippen LogP contribution in [0, 0.1) is 34.9 Å². The van der Waals surface area contributed by atoms with Crippen LogP contribution in [-0.4, -0.2) is 89.4 Å². The molecule has 3 aliphatic carbocycles. The summed E-state index contributed by atoms with van der Waals surface area (Å²) in [6.07, 6.45) is 4.96. The van der Waals surface area contributed by atoms with E-state index < -0.39 is 29.8 Å². The van der Waals surface area contributed by atoms with Crippen molar-refractivity contribution in [3.8, 4) is 0 Å². The second-order valence-electron chi connectivity index (χ2n) is 10.8. The van der Waals surface area contributed by atoms with Crippen LogP contribution in [-0.2, 0) is 9.53 Å². The summed E-state index contributed by atoms with van der Waals surface area (Å²) in [5.74, 6) is -2.05. The normalized spacial score (nSPS) is 31.2. The number of likely N-dealkylation sites (N-methyl/N-ethyl adjacent to an activating group) is 1. The Balaban J connectivity index is 1.21. The van der Waals surface area contributed by atoms with E-state index in [0.717, 1.165) is 38.1 Å². The van der Waals surface area contributed by atoms with Crippen LogP contribution in [0.5, 0.6) is 0 Å². The smallest absolute Gasteiger partial charge is 0.407 e. The molecule has 0 radical (unpaired) electrons. The number of anilines is 1. The van der Waals surface area contributed by atoms with Gasteiger partial charge in [0.15, 0.2) is 11.6 Å². The molecule has 1 aromatic rings. The van der Waals surface area contributed by atoms with Crippen molar-refractivity contribution in [3.63, 3.8) is 0 Å². The monoisotopic (exact) mass is 548 g/mol. The van der Waals surface area contributed by atoms with E-state index in [2.05, 4.69) is 43.5 Å². The molecule has 11 nitrogen and oxygen atoms in total. The maximum atomic E-state index is 14.3. The van der Waals surface area contributed by atoms with Gasteiger partial charge >= 0.3 is 6.09 Å². The van der Waals surface area contributed by atoms with Crippen LogP contribution in [0.2, 0.25) is 5.28 Å². The Labute approximate surface area is 225 Å². The Morgan fingerprint density at radius 2 is 2.05 bits per heavy atom. The first-order valence-electron chi connectivity index (χ1n) is 13.1. The van der Waals surface area contributed by atoms with Gasteiger partial charge in [-0.3, -0.25) is 4.79 Å². The number of nitrogens with zero attached hydrogens (tertiary/aromatic N) is 4. The molecule has 5 rings (SSSR count). The zero-order chi connectivity index (χ0) is 27.0. The van der Waals surface area contributed by atoms with Crippen LogP contribution in [0.4, 0.5) is 15.0 Å². The SMILES string of the molecule is CN1CCN(C2=CCC(=N)CC2COC(=O)NC2CC3CC2C(Nc2nc(Cl)ncc2F)C3C(N)=O)CC1. The third kappa shape index (κ3) is 5.56. The topological polar surface area (TPSA) is 150 Å². The first-order valence-corrected chi connectivity index (χ1v) is 13.4. The van der Waals surface area contributed by atoms with Crippen molar-refractivity contribution in [2.24, 2.45) is 29.4 Å². The molecule has 5 N–H and O–H groups in total. The van der Waals surface area contributed by atoms with Gasteiger partial charge in [0.1, 0.15) is 6.61 Å². The van der Waals surface area contributed by atoms with E-state index in [1.165, 1.54) is 0 Å². The number of hydrogen-bond donors (Lipinski definition) is 4. The van der Waals surface area contributed by atoms with E-state index in [0.29, 0.717) is 31.4 Å². The van der Waals surface area contributed by atoms with Crippen LogP contribution >= 0.6 is 11.6 Å². The number of allylic oxidation sites excluding steroid dienone is 1. The van der Waals surface area contributed by atoms with Gasteiger partial charge in [-0.15, -0.1) is 0 Å². The summed E-state index contributed by atoms with van der Waals surface area (Å²) in [5.41, 5.74) is 7.48. The average molecular weight is 549 g/mol. The number of primary amides is 1. The molecule has 1 aromatic heterocycles. The van der Waals surface area contributed by atoms with E-state index in [1.54, 1.807) is 0 Å². The quantitative estimate of drug-likeness (QED) is 0.377. The predicted molar refractivity (Wildman–Crippen MR) is 139 cm³/mol. The molecule has 1 aliphatic heterocycles. The number of carbonyl (C=O) groups is 2. The van der Waals surface area contributed by atoms with Crippen molar-refractivity contribution in [1.82, 2.24) is 25.1 Å². The number of hydrogen-bond acceptors (Lipinski definition) is 9. The zero-order valence-electron chi connectivity index (χ0n) is 21.3. The van der Waals surface area contributed by atoms with Gasteiger partial charge in [-0.1, -0.05) is 6.08 Å². The number of ether oxygens (including phenoxy) is 1. The molecular formula is C25H34ClFN8O3. The standard InChI is InChI=1S/C25H34ClFN8O3/c1-34-4-6-35(7-5-34)19-3-2-15(28)8-14(19)12-38-25(37)31-18-10-13-9-16(18)21(20(13)22(29)36)32-23-17(27)11-30-24(26)33-23/h3,11,13-14,16,18,20-21,28H,2,4-10,12H2,1H3,(H2,29,36)(H,31,37)(H,30,32,33). The summed E-state index contributed by atoms with van der Waals surface area (Å²) in [6.45, 7) is 3.96. The summed E-state index contributed by atoms with van der Waals surface area (Å²) >= 11 is 5.84. The van der Waals surface area contributed by atoms with Crippen LogP contribution in [0.3, 0.4) is 0 Å². The number of nitrogens with one attached hydrogen (secondary N) is 3. The average Bonchev–Trinajstić information content (AvgIpc) is 3.44. The fourth-order valence-corrected chi connectivity index (χ4v) is 6.72. The number of rotatable bonds is 7. The lowest BCUT2D eigenvalue weighted by Gasteiger charge is -2.40. The summed E-state index contributed by atoms with van der Waals surface area (Å²) < 4.78 is 20.0. The molecule has 6 atom stereocenters. The molecular weight excluding hydrogens is 515 g/mol. The number of piperazine rings is 1. The molecule has 4 aliphatic rings. The number of carbonyl (C=O) groups excluding carboxylic acids is 2. The molecule has 2 amide bonds. The maximum Gasteiger partial charge on any atom is 0.407 e. The lowest BCUT2D eigenvalue weighted by molar-refractivity contribution is -0.123. The van der Waals surface area contributed by atoms with E-state index >= 15 is 0 Å². The highest BCUT2D eigenvalue weighted by molar-refractivity contribution is 6.28. The Morgan fingerprint density at radius 1 is 1.29 bits per heavy atom. The number of fused-ring (bicyclic) bond motifs is 2. The molecule has 2 heterocycles. The van der Waals surface area contributed by atoms with Crippen LogP contribution in [0.25, 0.3) is 0 Å². The summed E-state index contributed by atoms with van der Waals surface area (Å²) in [5, 5.41) is 14.0. The molecule has 2 bridgehead atoms. The maximum absolute atomic E-state index is 14.3. The van der Waals surface area contributed by atoms with Crippen molar-refractivity contribution in [2.75, 3.05) is 45.2 Å². The molecule has 6 unspecified atom stereocenters. The Morgan fingerprint density at radius 3 is 2.79 bits per heavy atom. The van der Waals surface area contributed by atoms with E-state index in [4.69, 9.17) is 27.5 Å². The van der Waals surface area contributed by atoms with Crippen molar-refractivity contribution in [3.05, 3.63) is 29.1 Å². The third-order valence-corrected chi connectivity index (χ3v) is 8.59. The molecule has 1 saturated heterocycles. The van der Waals surface area contributed by atoms with E-state index in [1.807, 2.05) is 0 Å². The number of halogens is 2. The highest BCUT2D eigenvalue weighted by atomic mass is 35.5. The molecule has 3 fully saturated rings. The van der Waals surface area contributed by atoms with Gasteiger partial charge in [-0.25, -0.2) is 14.2 Å². The van der Waals surface area contributed by atoms with Crippen LogP contribution in [0.15, 0.2) is 18.0 Å². The molecule has 206 valence electrons. The molecule has 13 heteroatoms. The number of nitrogens with two attached hydrogens (primary N) is 1. The number of aromatic nitrogens is 2. The van der Waals surface area contributed by atoms with Crippen LogP contribution in [0.1, 0.15) is 25.7 Å². The summed E-state index contributed by atoms with van der Waals surface area (Å²) in [4.78, 5) is 37.3. The van der Waals surface area contributed by atoms with Gasteiger partial charge in [0.2, 0.25) is 11.2 Å². The van der Waals surface area contributed by atoms with Crippen molar-refractivity contribution in [1.29, 1.82) is 5.41 Å². The number of alkyl carbamates (subject to hydrolysis) is 1. The molecule has 0 aromatic carbocycles. The molecule has 0 spiro atoms. The van der Waals surface area contributed by atoms with Gasteiger partial charge in [0.05, 0.1) is 12.1 Å². The fourth-order valence-electron chi connectivity index (χ4n) is 6.58. The predicted octanol–water partition coefficient (Wildman–Crippen LogP) is 1.85. The summed E-state index contributed by atoms with van der Waals surface area (Å²) in [7, 11) is 2.10. The number of amides is 2. The van der Waals surface area contributed by atoms with Crippen molar-refractivity contribution < 1.29 is 18.7 Å². The van der Waals surface area contributed by atoms with Gasteiger partial charge in [0.25, 0.3) is 0 Å². The van der Waals surface area contributed by atoms with Crippen LogP contribution < -0.4 is 16.4 Å². The van der Waals surface area contributed by atoms with Gasteiger partial charge in [0, 0.05) is 67.9 Å². The first-order chi connectivity index (χ1) is 18.2. The molecule has 38 heavy (non-hydrogen) atoms. The lowest BCUT2D eigenvalue weighted by atomic mass is 9.81. The van der Waals surface area contributed by atoms with Crippen molar-refractivity contribution in [2.45, 2.75) is 37.8 Å². The minimum atomic E-state index is -0.688. The first kappa shape index (κ1) is 26.6. The Kier molecular flexibility index (Phi) is 7.71.